The minimum Gasteiger partial charge on any atom is -0.427 e. The number of amides is 5. The number of nitrogens with zero attached hydrogens (tertiary/aromatic N) is 1. The van der Waals surface area contributed by atoms with E-state index in [2.05, 4.69) is 16.0 Å². The first-order valence-electron chi connectivity index (χ1n) is 12.4. The molecule has 1 saturated heterocycles. The van der Waals surface area contributed by atoms with E-state index in [0.717, 1.165) is 18.4 Å². The van der Waals surface area contributed by atoms with E-state index >= 15 is 0 Å². The number of carbonyl (C=O) groups excluding carboxylic acids is 4. The van der Waals surface area contributed by atoms with Gasteiger partial charge in [-0.05, 0) is 67.0 Å². The summed E-state index contributed by atoms with van der Waals surface area (Å²) in [6.45, 7) is 2.37. The molecule has 3 aliphatic rings. The van der Waals surface area contributed by atoms with Crippen molar-refractivity contribution in [3.63, 3.8) is 0 Å². The summed E-state index contributed by atoms with van der Waals surface area (Å²) in [6, 6.07) is 10.7. The first kappa shape index (κ1) is 24.7. The number of halogens is 1. The number of carbonyl (C=O) groups is 4. The van der Waals surface area contributed by atoms with Gasteiger partial charge in [-0.15, -0.1) is 0 Å². The Kier molecular flexibility index (Phi) is 6.35. The predicted molar refractivity (Wildman–Crippen MR) is 132 cm³/mol. The van der Waals surface area contributed by atoms with E-state index in [-0.39, 0.29) is 30.6 Å². The SMILES string of the molecule is CNC(=O)Nc1ccc2c(c1)C(CC(=O)N(Cc1ccc(F)cc1)[C@H](C)C1CC1)C[C@@]21OC(=O)NC1=O. The van der Waals surface area contributed by atoms with Gasteiger partial charge in [-0.25, -0.2) is 14.0 Å². The van der Waals surface area contributed by atoms with Gasteiger partial charge in [0.25, 0.3) is 5.91 Å². The first-order valence-corrected chi connectivity index (χ1v) is 12.4. The number of hydrogen-bond donors (Lipinski definition) is 3. The lowest BCUT2D eigenvalue weighted by molar-refractivity contribution is -0.136. The zero-order valence-corrected chi connectivity index (χ0v) is 20.7. The molecule has 1 heterocycles. The van der Waals surface area contributed by atoms with Crippen LogP contribution in [0.25, 0.3) is 0 Å². The predicted octanol–water partition coefficient (Wildman–Crippen LogP) is 3.74. The average molecular weight is 509 g/mol. The fraction of sp³-hybridized carbons (Fsp3) is 0.407. The number of alkyl carbamates (subject to hydrolysis) is 1. The van der Waals surface area contributed by atoms with Gasteiger partial charge in [0.2, 0.25) is 11.5 Å². The molecule has 194 valence electrons. The lowest BCUT2D eigenvalue weighted by Gasteiger charge is -2.31. The van der Waals surface area contributed by atoms with E-state index in [1.54, 1.807) is 30.3 Å². The third kappa shape index (κ3) is 4.75. The van der Waals surface area contributed by atoms with Crippen molar-refractivity contribution < 1.29 is 28.3 Å². The van der Waals surface area contributed by atoms with Crippen LogP contribution in [0, 0.1) is 11.7 Å². The van der Waals surface area contributed by atoms with E-state index in [0.29, 0.717) is 29.3 Å². The molecule has 0 radical (unpaired) electrons. The number of fused-ring (bicyclic) bond motifs is 2. The fourth-order valence-electron chi connectivity index (χ4n) is 5.43. The molecular weight excluding hydrogens is 479 g/mol. The first-order chi connectivity index (χ1) is 17.7. The highest BCUT2D eigenvalue weighted by atomic mass is 19.1. The van der Waals surface area contributed by atoms with Crippen molar-refractivity contribution in [2.45, 2.75) is 56.7 Å². The van der Waals surface area contributed by atoms with Gasteiger partial charge in [0, 0.05) is 43.7 Å². The summed E-state index contributed by atoms with van der Waals surface area (Å²) in [5, 5.41) is 7.42. The molecule has 2 fully saturated rings. The van der Waals surface area contributed by atoms with Gasteiger partial charge in [-0.3, -0.25) is 14.9 Å². The molecule has 10 heteroatoms. The zero-order chi connectivity index (χ0) is 26.3. The second-order valence-corrected chi connectivity index (χ2v) is 10.0. The molecule has 3 N–H and O–H groups in total. The fourth-order valence-corrected chi connectivity index (χ4v) is 5.43. The third-order valence-electron chi connectivity index (χ3n) is 7.60. The van der Waals surface area contributed by atoms with Crippen LogP contribution in [0.2, 0.25) is 0 Å². The van der Waals surface area contributed by atoms with Crippen molar-refractivity contribution in [3.8, 4) is 0 Å². The number of rotatable bonds is 7. The van der Waals surface area contributed by atoms with Crippen LogP contribution in [0.3, 0.4) is 0 Å². The molecular formula is C27H29FN4O5. The van der Waals surface area contributed by atoms with Crippen molar-refractivity contribution in [3.05, 3.63) is 65.0 Å². The Labute approximate surface area is 213 Å². The lowest BCUT2D eigenvalue weighted by Crippen LogP contribution is -2.40. The molecule has 0 bridgehead atoms. The monoisotopic (exact) mass is 508 g/mol. The highest BCUT2D eigenvalue weighted by Gasteiger charge is 2.57. The molecule has 1 aliphatic heterocycles. The largest absolute Gasteiger partial charge is 0.427 e. The second kappa shape index (κ2) is 9.49. The molecule has 1 saturated carbocycles. The second-order valence-electron chi connectivity index (χ2n) is 10.0. The van der Waals surface area contributed by atoms with E-state index in [1.165, 1.54) is 19.2 Å². The highest BCUT2D eigenvalue weighted by Crippen LogP contribution is 2.51. The smallest absolute Gasteiger partial charge is 0.415 e. The molecule has 3 atom stereocenters. The Balaban J connectivity index is 1.44. The number of benzene rings is 2. The molecule has 1 spiro atoms. The standard InChI is InChI=1S/C27H29FN4O5/c1-15(17-5-6-17)32(14-16-3-7-19(28)8-4-16)23(33)11-18-13-27(24(34)31-26(36)37-27)22-10-9-20(12-21(18)22)30-25(35)29-2/h3-4,7-10,12,15,17-18H,5-6,11,13-14H2,1-2H3,(H2,29,30,35)(H,31,34,36)/t15-,18?,27-/m1/s1. The van der Waals surface area contributed by atoms with E-state index < -0.39 is 29.6 Å². The number of nitrogens with one attached hydrogen (secondary N) is 3. The topological polar surface area (TPSA) is 117 Å². The number of imide groups is 1. The van der Waals surface area contributed by atoms with Crippen LogP contribution in [0.15, 0.2) is 42.5 Å². The summed E-state index contributed by atoms with van der Waals surface area (Å²) in [5.41, 5.74) is 0.996. The lowest BCUT2D eigenvalue weighted by atomic mass is 9.93. The summed E-state index contributed by atoms with van der Waals surface area (Å²) >= 11 is 0. The van der Waals surface area contributed by atoms with Gasteiger partial charge in [-0.1, -0.05) is 18.2 Å². The summed E-state index contributed by atoms with van der Waals surface area (Å²) in [7, 11) is 1.50. The quantitative estimate of drug-likeness (QED) is 0.527. The van der Waals surface area contributed by atoms with Gasteiger partial charge in [0.1, 0.15) is 5.82 Å². The summed E-state index contributed by atoms with van der Waals surface area (Å²) < 4.78 is 19.0. The normalized spacial score (nSPS) is 22.7. The Bertz CT molecular complexity index is 1260. The number of ether oxygens (including phenoxy) is 1. The molecule has 37 heavy (non-hydrogen) atoms. The Morgan fingerprint density at radius 2 is 1.92 bits per heavy atom. The van der Waals surface area contributed by atoms with Crippen LogP contribution in [0.5, 0.6) is 0 Å². The van der Waals surface area contributed by atoms with Crippen LogP contribution in [-0.2, 0) is 26.5 Å². The minimum absolute atomic E-state index is 0.00115. The Hall–Kier alpha value is -3.95. The van der Waals surface area contributed by atoms with E-state index in [4.69, 9.17) is 4.74 Å². The van der Waals surface area contributed by atoms with Crippen molar-refractivity contribution in [1.29, 1.82) is 0 Å². The van der Waals surface area contributed by atoms with Crippen LogP contribution in [0.4, 0.5) is 19.7 Å². The van der Waals surface area contributed by atoms with E-state index in [1.807, 2.05) is 11.8 Å². The maximum atomic E-state index is 13.8. The van der Waals surface area contributed by atoms with Crippen LogP contribution in [0.1, 0.15) is 55.2 Å². The molecule has 2 aromatic carbocycles. The Morgan fingerprint density at radius 3 is 2.54 bits per heavy atom. The molecule has 5 rings (SSSR count). The van der Waals surface area contributed by atoms with Crippen molar-refractivity contribution >= 4 is 29.6 Å². The highest BCUT2D eigenvalue weighted by molar-refractivity contribution is 6.04. The van der Waals surface area contributed by atoms with Crippen LogP contribution >= 0.6 is 0 Å². The molecule has 1 unspecified atom stereocenters. The number of hydrogen-bond acceptors (Lipinski definition) is 5. The van der Waals surface area contributed by atoms with Gasteiger partial charge < -0.3 is 20.3 Å². The summed E-state index contributed by atoms with van der Waals surface area (Å²) in [5.74, 6) is -1.01. The molecule has 2 aromatic rings. The Morgan fingerprint density at radius 1 is 1.19 bits per heavy atom. The van der Waals surface area contributed by atoms with Crippen molar-refractivity contribution in [2.75, 3.05) is 12.4 Å². The van der Waals surface area contributed by atoms with Gasteiger partial charge in [0.15, 0.2) is 0 Å². The van der Waals surface area contributed by atoms with Gasteiger partial charge >= 0.3 is 12.1 Å². The van der Waals surface area contributed by atoms with Crippen LogP contribution < -0.4 is 16.0 Å². The van der Waals surface area contributed by atoms with Crippen LogP contribution in [-0.4, -0.2) is 41.9 Å². The number of anilines is 1. The summed E-state index contributed by atoms with van der Waals surface area (Å²) in [6.07, 6.45) is 1.48. The average Bonchev–Trinajstić information content (AvgIpc) is 3.62. The molecule has 0 aromatic heterocycles. The maximum Gasteiger partial charge on any atom is 0.415 e. The maximum absolute atomic E-state index is 13.8. The van der Waals surface area contributed by atoms with Gasteiger partial charge in [0.05, 0.1) is 0 Å². The minimum atomic E-state index is -1.51. The zero-order valence-electron chi connectivity index (χ0n) is 20.7. The summed E-state index contributed by atoms with van der Waals surface area (Å²) in [4.78, 5) is 52.3. The van der Waals surface area contributed by atoms with Crippen molar-refractivity contribution in [1.82, 2.24) is 15.5 Å². The third-order valence-corrected chi connectivity index (χ3v) is 7.60. The molecule has 2 aliphatic carbocycles. The molecule has 5 amide bonds. The van der Waals surface area contributed by atoms with Gasteiger partial charge in [-0.2, -0.15) is 0 Å². The molecule has 9 nitrogen and oxygen atoms in total. The van der Waals surface area contributed by atoms with E-state index in [9.17, 15) is 23.6 Å². The number of urea groups is 1. The van der Waals surface area contributed by atoms with Crippen molar-refractivity contribution in [2.24, 2.45) is 5.92 Å².